The Morgan fingerprint density at radius 3 is 3.00 bits per heavy atom. The number of hydrogen-bond acceptors (Lipinski definition) is 3. The Labute approximate surface area is 76.1 Å². The topological polar surface area (TPSA) is 43.4 Å². The van der Waals surface area contributed by atoms with Crippen LogP contribution in [0.3, 0.4) is 0 Å². The molecule has 0 aromatic heterocycles. The van der Waals surface area contributed by atoms with E-state index in [9.17, 15) is 9.59 Å². The summed E-state index contributed by atoms with van der Waals surface area (Å²) < 4.78 is 4.59. The fourth-order valence-corrected chi connectivity index (χ4v) is 1.80. The molecule has 1 fully saturated rings. The summed E-state index contributed by atoms with van der Waals surface area (Å²) in [5.41, 5.74) is 1.30. The summed E-state index contributed by atoms with van der Waals surface area (Å²) in [5.74, 6) is -0.251. The Bertz CT molecular complexity index is 336. The van der Waals surface area contributed by atoms with Crippen molar-refractivity contribution in [3.63, 3.8) is 0 Å². The zero-order chi connectivity index (χ0) is 9.42. The third kappa shape index (κ3) is 1.20. The number of rotatable bonds is 1. The van der Waals surface area contributed by atoms with E-state index in [1.165, 1.54) is 7.11 Å². The highest BCUT2D eigenvalue weighted by Gasteiger charge is 2.32. The first-order chi connectivity index (χ1) is 6.22. The van der Waals surface area contributed by atoms with Gasteiger partial charge in [0.25, 0.3) is 0 Å². The van der Waals surface area contributed by atoms with Crippen LogP contribution in [-0.2, 0) is 14.3 Å². The lowest BCUT2D eigenvalue weighted by molar-refractivity contribution is -0.135. The molecule has 0 heterocycles. The first kappa shape index (κ1) is 8.23. The lowest BCUT2D eigenvalue weighted by atomic mass is 9.96. The van der Waals surface area contributed by atoms with Gasteiger partial charge in [-0.3, -0.25) is 4.79 Å². The van der Waals surface area contributed by atoms with Crippen LogP contribution in [0.15, 0.2) is 23.3 Å². The standard InChI is InChI=1S/C10H10O3/c1-13-10(12)8-4-6-2-3-7(5-8)9(6)11/h4-6H,2-3H2,1H3. The van der Waals surface area contributed by atoms with E-state index in [0.29, 0.717) is 5.57 Å². The largest absolute Gasteiger partial charge is 0.465 e. The fourth-order valence-electron chi connectivity index (χ4n) is 1.80. The van der Waals surface area contributed by atoms with E-state index < -0.39 is 0 Å². The van der Waals surface area contributed by atoms with Crippen LogP contribution < -0.4 is 0 Å². The number of methoxy groups -OCH3 is 1. The number of Topliss-reactive ketones (excluding diaryl/α,β-unsaturated/α-hetero) is 1. The molecule has 2 bridgehead atoms. The number of carbonyl (C=O) groups excluding carboxylic acids is 2. The van der Waals surface area contributed by atoms with Gasteiger partial charge in [-0.1, -0.05) is 6.08 Å². The van der Waals surface area contributed by atoms with Crippen molar-refractivity contribution in [3.05, 3.63) is 23.3 Å². The van der Waals surface area contributed by atoms with E-state index in [-0.39, 0.29) is 17.7 Å². The fraction of sp³-hybridized carbons (Fsp3) is 0.400. The Balaban J connectivity index is 2.32. The van der Waals surface area contributed by atoms with E-state index in [1.54, 1.807) is 12.2 Å². The van der Waals surface area contributed by atoms with E-state index in [4.69, 9.17) is 0 Å². The molecule has 1 unspecified atom stereocenters. The lowest BCUT2D eigenvalue weighted by Crippen LogP contribution is -2.14. The summed E-state index contributed by atoms with van der Waals surface area (Å²) in [6.45, 7) is 0. The maximum atomic E-state index is 11.4. The Morgan fingerprint density at radius 1 is 1.62 bits per heavy atom. The van der Waals surface area contributed by atoms with Gasteiger partial charge in [0, 0.05) is 5.92 Å². The first-order valence-corrected chi connectivity index (χ1v) is 4.27. The van der Waals surface area contributed by atoms with E-state index in [1.807, 2.05) is 0 Å². The van der Waals surface area contributed by atoms with Crippen LogP contribution in [0.2, 0.25) is 0 Å². The molecular formula is C10H10O3. The number of allylic oxidation sites excluding steroid dienone is 2. The van der Waals surface area contributed by atoms with Crippen LogP contribution in [0.5, 0.6) is 0 Å². The number of fused-ring (bicyclic) bond motifs is 2. The van der Waals surface area contributed by atoms with E-state index in [0.717, 1.165) is 18.4 Å². The molecule has 2 rings (SSSR count). The van der Waals surface area contributed by atoms with Crippen molar-refractivity contribution in [2.24, 2.45) is 5.92 Å². The molecule has 0 aliphatic heterocycles. The van der Waals surface area contributed by atoms with Gasteiger partial charge in [0.1, 0.15) is 0 Å². The average molecular weight is 178 g/mol. The van der Waals surface area contributed by atoms with Crippen LogP contribution in [-0.4, -0.2) is 18.9 Å². The SMILES string of the molecule is COC(=O)C1=CC2CCC(=C1)C2=O. The minimum atomic E-state index is -0.350. The highest BCUT2D eigenvalue weighted by Crippen LogP contribution is 2.33. The molecule has 0 amide bonds. The van der Waals surface area contributed by atoms with Gasteiger partial charge in [-0.25, -0.2) is 4.79 Å². The van der Waals surface area contributed by atoms with Crippen molar-refractivity contribution >= 4 is 11.8 Å². The molecule has 0 spiro atoms. The van der Waals surface area contributed by atoms with Gasteiger partial charge >= 0.3 is 5.97 Å². The van der Waals surface area contributed by atoms with Crippen molar-refractivity contribution in [3.8, 4) is 0 Å². The second-order valence-electron chi connectivity index (χ2n) is 3.29. The Hall–Kier alpha value is -1.38. The van der Waals surface area contributed by atoms with E-state index in [2.05, 4.69) is 4.74 Å². The second kappa shape index (κ2) is 2.83. The number of carbonyl (C=O) groups is 2. The van der Waals surface area contributed by atoms with Crippen LogP contribution in [0.25, 0.3) is 0 Å². The molecule has 0 saturated heterocycles. The third-order valence-electron chi connectivity index (χ3n) is 2.51. The summed E-state index contributed by atoms with van der Waals surface area (Å²) in [6, 6.07) is 0. The molecule has 3 heteroatoms. The van der Waals surface area contributed by atoms with Crippen LogP contribution in [0.1, 0.15) is 12.8 Å². The smallest absolute Gasteiger partial charge is 0.337 e. The summed E-state index contributed by atoms with van der Waals surface area (Å²) in [4.78, 5) is 22.5. The maximum absolute atomic E-state index is 11.4. The average Bonchev–Trinajstić information content (AvgIpc) is 2.42. The summed E-state index contributed by atoms with van der Waals surface area (Å²) >= 11 is 0. The van der Waals surface area contributed by atoms with Crippen LogP contribution in [0, 0.1) is 5.92 Å². The molecular weight excluding hydrogens is 168 g/mol. The summed E-state index contributed by atoms with van der Waals surface area (Å²) in [7, 11) is 1.35. The number of hydrogen-bond donors (Lipinski definition) is 0. The molecule has 2 aliphatic rings. The number of ether oxygens (including phenoxy) is 1. The highest BCUT2D eigenvalue weighted by atomic mass is 16.5. The number of ketones is 1. The summed E-state index contributed by atoms with van der Waals surface area (Å²) in [6.07, 6.45) is 4.99. The van der Waals surface area contributed by atoms with Crippen molar-refractivity contribution in [2.45, 2.75) is 12.8 Å². The molecule has 0 radical (unpaired) electrons. The number of esters is 1. The van der Waals surface area contributed by atoms with E-state index >= 15 is 0 Å². The molecule has 0 aromatic carbocycles. The van der Waals surface area contributed by atoms with Gasteiger partial charge in [-0.05, 0) is 24.5 Å². The monoisotopic (exact) mass is 178 g/mol. The normalized spacial score (nSPS) is 25.3. The Kier molecular flexibility index (Phi) is 1.79. The molecule has 0 aromatic rings. The Morgan fingerprint density at radius 2 is 2.38 bits per heavy atom. The molecule has 13 heavy (non-hydrogen) atoms. The summed E-state index contributed by atoms with van der Waals surface area (Å²) in [5, 5.41) is 0. The quantitative estimate of drug-likeness (QED) is 0.563. The van der Waals surface area contributed by atoms with Gasteiger partial charge in [0.2, 0.25) is 0 Å². The predicted octanol–water partition coefficient (Wildman–Crippen LogP) is 1.00. The molecule has 1 saturated carbocycles. The first-order valence-electron chi connectivity index (χ1n) is 4.27. The minimum absolute atomic E-state index is 0.0749. The van der Waals surface area contributed by atoms with Crippen molar-refractivity contribution in [1.29, 1.82) is 0 Å². The second-order valence-corrected chi connectivity index (χ2v) is 3.29. The predicted molar refractivity (Wildman–Crippen MR) is 45.9 cm³/mol. The van der Waals surface area contributed by atoms with Crippen LogP contribution >= 0.6 is 0 Å². The maximum Gasteiger partial charge on any atom is 0.337 e. The zero-order valence-electron chi connectivity index (χ0n) is 7.37. The molecule has 1 atom stereocenters. The highest BCUT2D eigenvalue weighted by molar-refractivity contribution is 6.06. The van der Waals surface area contributed by atoms with Crippen molar-refractivity contribution in [1.82, 2.24) is 0 Å². The third-order valence-corrected chi connectivity index (χ3v) is 2.51. The lowest BCUT2D eigenvalue weighted by Gasteiger charge is -2.09. The van der Waals surface area contributed by atoms with Gasteiger partial charge < -0.3 is 4.74 Å². The molecule has 68 valence electrons. The molecule has 2 aliphatic carbocycles. The molecule has 0 N–H and O–H groups in total. The minimum Gasteiger partial charge on any atom is -0.465 e. The van der Waals surface area contributed by atoms with Crippen LogP contribution in [0.4, 0.5) is 0 Å². The van der Waals surface area contributed by atoms with Gasteiger partial charge in [0.15, 0.2) is 5.78 Å². The van der Waals surface area contributed by atoms with Gasteiger partial charge in [-0.15, -0.1) is 0 Å². The van der Waals surface area contributed by atoms with Gasteiger partial charge in [-0.2, -0.15) is 0 Å². The van der Waals surface area contributed by atoms with Crippen molar-refractivity contribution in [2.75, 3.05) is 7.11 Å². The van der Waals surface area contributed by atoms with Crippen molar-refractivity contribution < 1.29 is 14.3 Å². The van der Waals surface area contributed by atoms with Gasteiger partial charge in [0.05, 0.1) is 12.7 Å². The zero-order valence-corrected chi connectivity index (χ0v) is 7.37. The molecule has 3 nitrogen and oxygen atoms in total.